The minimum absolute atomic E-state index is 0.140. The number of sulfonamides is 1. The van der Waals surface area contributed by atoms with Crippen LogP contribution in [0.5, 0.6) is 11.5 Å². The second-order valence-corrected chi connectivity index (χ2v) is 16.4. The predicted molar refractivity (Wildman–Crippen MR) is 186 cm³/mol. The number of nitrogens with one attached hydrogen (secondary N) is 1. The van der Waals surface area contributed by atoms with Crippen LogP contribution in [0.3, 0.4) is 0 Å². The molecule has 1 spiro atoms. The number of carbonyl (C=O) groups excluding carboxylic acids is 2. The number of hydrogen-bond acceptors (Lipinski definition) is 8. The molecule has 0 amide bonds. The number of ether oxygens (including phenoxy) is 3. The summed E-state index contributed by atoms with van der Waals surface area (Å²) in [5, 5.41) is 0. The quantitative estimate of drug-likeness (QED) is 0.215. The first kappa shape index (κ1) is 33.8. The van der Waals surface area contributed by atoms with Crippen LogP contribution in [0.1, 0.15) is 74.8 Å². The van der Waals surface area contributed by atoms with Crippen LogP contribution in [0.2, 0.25) is 0 Å². The SMILES string of the molecule is CC(=O)Oc1ccc2c3c1O[C@H]1[C@H](NS(=O)(=O)Cc4ccccc4CC(C)C)CC[C@@]4(OC(C)=O)[C@@H](C2)N(CCc2ccccc2)CC[C@]314. The molecule has 3 aromatic carbocycles. The van der Waals surface area contributed by atoms with Gasteiger partial charge in [0.2, 0.25) is 10.0 Å². The van der Waals surface area contributed by atoms with Crippen molar-refractivity contribution in [1.82, 2.24) is 9.62 Å². The van der Waals surface area contributed by atoms with Crippen molar-refractivity contribution in [3.63, 3.8) is 0 Å². The standard InChI is InChI=1S/C39H46N2O7S/c1-25(2)22-29-12-8-9-13-31(29)24-49(44,45)40-32-16-18-39(48-27(4)43)34-23-30-14-15-33(46-26(3)42)36-35(30)38(39,37(32)47-36)19-21-41(34)20-17-28-10-6-5-7-11-28/h5-15,25,32,34,37,40H,16-24H2,1-4H3/t32-,34-,37+,38+,39-/m1/s1. The van der Waals surface area contributed by atoms with Crippen molar-refractivity contribution in [2.24, 2.45) is 5.92 Å². The average molecular weight is 687 g/mol. The molecular formula is C39H46N2O7S. The van der Waals surface area contributed by atoms with Gasteiger partial charge in [-0.1, -0.05) is 74.5 Å². The van der Waals surface area contributed by atoms with Gasteiger partial charge in [0.15, 0.2) is 11.5 Å². The van der Waals surface area contributed by atoms with Crippen molar-refractivity contribution in [3.05, 3.63) is 94.5 Å². The fourth-order valence-corrected chi connectivity index (χ4v) is 10.9. The van der Waals surface area contributed by atoms with Gasteiger partial charge in [-0.25, -0.2) is 13.1 Å². The Labute approximate surface area is 289 Å². The summed E-state index contributed by atoms with van der Waals surface area (Å²) in [5.41, 5.74) is 3.19. The van der Waals surface area contributed by atoms with Crippen molar-refractivity contribution in [1.29, 1.82) is 0 Å². The summed E-state index contributed by atoms with van der Waals surface area (Å²) in [6.07, 6.45) is 3.07. The number of piperidine rings is 1. The third kappa shape index (κ3) is 5.95. The summed E-state index contributed by atoms with van der Waals surface area (Å²) in [6, 6.07) is 21.1. The number of nitrogens with zero attached hydrogens (tertiary/aromatic N) is 1. The van der Waals surface area contributed by atoms with E-state index in [0.717, 1.165) is 48.2 Å². The van der Waals surface area contributed by atoms with Gasteiger partial charge in [-0.3, -0.25) is 14.5 Å². The molecule has 9 nitrogen and oxygen atoms in total. The van der Waals surface area contributed by atoms with Gasteiger partial charge in [0.1, 0.15) is 11.7 Å². The van der Waals surface area contributed by atoms with E-state index in [9.17, 15) is 18.0 Å². The molecule has 2 fully saturated rings. The minimum Gasteiger partial charge on any atom is -0.483 e. The third-order valence-electron chi connectivity index (χ3n) is 11.1. The van der Waals surface area contributed by atoms with E-state index in [4.69, 9.17) is 14.2 Å². The summed E-state index contributed by atoms with van der Waals surface area (Å²) in [4.78, 5) is 27.8. The Morgan fingerprint density at radius 3 is 2.43 bits per heavy atom. The Kier molecular flexibility index (Phi) is 8.86. The Bertz CT molecular complexity index is 1860. The maximum absolute atomic E-state index is 14.0. The first-order chi connectivity index (χ1) is 23.4. The highest BCUT2D eigenvalue weighted by atomic mass is 32.2. The number of esters is 2. The molecule has 0 aromatic heterocycles. The second kappa shape index (κ2) is 12.9. The lowest BCUT2D eigenvalue weighted by atomic mass is 9.48. The van der Waals surface area contributed by atoms with E-state index in [-0.39, 0.29) is 17.8 Å². The van der Waals surface area contributed by atoms with E-state index in [2.05, 4.69) is 35.6 Å². The van der Waals surface area contributed by atoms with Crippen LogP contribution in [0.25, 0.3) is 0 Å². The van der Waals surface area contributed by atoms with Gasteiger partial charge >= 0.3 is 11.9 Å². The van der Waals surface area contributed by atoms with E-state index >= 15 is 0 Å². The molecule has 0 radical (unpaired) electrons. The zero-order valence-corrected chi connectivity index (χ0v) is 29.6. The average Bonchev–Trinajstić information content (AvgIpc) is 3.39. The van der Waals surface area contributed by atoms with Crippen LogP contribution < -0.4 is 14.2 Å². The fraction of sp³-hybridized carbons (Fsp3) is 0.487. The van der Waals surface area contributed by atoms with Crippen molar-refractivity contribution >= 4 is 22.0 Å². The summed E-state index contributed by atoms with van der Waals surface area (Å²) < 4.78 is 50.2. The Hall–Kier alpha value is -3.73. The fourth-order valence-electron chi connectivity index (χ4n) is 9.41. The number of benzene rings is 3. The van der Waals surface area contributed by atoms with Crippen molar-refractivity contribution in [3.8, 4) is 11.5 Å². The molecule has 49 heavy (non-hydrogen) atoms. The first-order valence-electron chi connectivity index (χ1n) is 17.5. The smallest absolute Gasteiger partial charge is 0.308 e. The minimum atomic E-state index is -3.81. The maximum Gasteiger partial charge on any atom is 0.308 e. The van der Waals surface area contributed by atoms with Crippen LogP contribution in [-0.4, -0.2) is 62.1 Å². The normalized spacial score (nSPS) is 26.9. The zero-order valence-electron chi connectivity index (χ0n) is 28.7. The molecule has 2 heterocycles. The Balaban J connectivity index is 1.28. The molecule has 5 atom stereocenters. The highest BCUT2D eigenvalue weighted by Crippen LogP contribution is 2.66. The molecule has 1 saturated carbocycles. The van der Waals surface area contributed by atoms with Gasteiger partial charge < -0.3 is 14.2 Å². The lowest BCUT2D eigenvalue weighted by Crippen LogP contribution is -2.79. The van der Waals surface area contributed by atoms with Crippen LogP contribution >= 0.6 is 0 Å². The van der Waals surface area contributed by atoms with Gasteiger partial charge in [0.25, 0.3) is 0 Å². The van der Waals surface area contributed by atoms with E-state index in [1.165, 1.54) is 19.4 Å². The molecule has 2 aliphatic carbocycles. The van der Waals surface area contributed by atoms with E-state index < -0.39 is 39.2 Å². The van der Waals surface area contributed by atoms with Crippen LogP contribution in [0, 0.1) is 5.92 Å². The summed E-state index contributed by atoms with van der Waals surface area (Å²) >= 11 is 0. The molecule has 1 saturated heterocycles. The molecule has 4 aliphatic rings. The highest BCUT2D eigenvalue weighted by molar-refractivity contribution is 7.88. The van der Waals surface area contributed by atoms with E-state index in [0.29, 0.717) is 43.1 Å². The lowest BCUT2D eigenvalue weighted by Gasteiger charge is -2.65. The molecule has 3 aromatic rings. The van der Waals surface area contributed by atoms with E-state index in [1.54, 1.807) is 6.07 Å². The number of rotatable bonds is 11. The van der Waals surface area contributed by atoms with Gasteiger partial charge in [-0.2, -0.15) is 0 Å². The van der Waals surface area contributed by atoms with Crippen LogP contribution in [0.4, 0.5) is 0 Å². The molecular weight excluding hydrogens is 641 g/mol. The number of likely N-dealkylation sites (tertiary alicyclic amines) is 1. The molecule has 7 rings (SSSR count). The van der Waals surface area contributed by atoms with Gasteiger partial charge in [0.05, 0.1) is 23.3 Å². The molecule has 2 aliphatic heterocycles. The second-order valence-electron chi connectivity index (χ2n) is 14.6. The largest absolute Gasteiger partial charge is 0.483 e. The first-order valence-corrected chi connectivity index (χ1v) is 19.1. The molecule has 10 heteroatoms. The zero-order chi connectivity index (χ0) is 34.6. The summed E-state index contributed by atoms with van der Waals surface area (Å²) in [5.74, 6) is 0.155. The molecule has 260 valence electrons. The summed E-state index contributed by atoms with van der Waals surface area (Å²) in [6.45, 7) is 8.56. The topological polar surface area (TPSA) is 111 Å². The van der Waals surface area contributed by atoms with Gasteiger partial charge in [-0.05, 0) is 79.3 Å². The Morgan fingerprint density at radius 1 is 0.980 bits per heavy atom. The molecule has 0 unspecified atom stereocenters. The van der Waals surface area contributed by atoms with Crippen LogP contribution in [0.15, 0.2) is 66.7 Å². The number of carbonyl (C=O) groups is 2. The number of hydrogen-bond donors (Lipinski definition) is 1. The van der Waals surface area contributed by atoms with Crippen molar-refractivity contribution < 1.29 is 32.2 Å². The van der Waals surface area contributed by atoms with Gasteiger partial charge in [-0.15, -0.1) is 0 Å². The van der Waals surface area contributed by atoms with E-state index in [1.807, 2.05) is 48.5 Å². The maximum atomic E-state index is 14.0. The van der Waals surface area contributed by atoms with Gasteiger partial charge in [0, 0.05) is 26.0 Å². The molecule has 1 N–H and O–H groups in total. The monoisotopic (exact) mass is 686 g/mol. The third-order valence-corrected chi connectivity index (χ3v) is 12.4. The predicted octanol–water partition coefficient (Wildman–Crippen LogP) is 5.27. The Morgan fingerprint density at radius 2 is 1.71 bits per heavy atom. The van der Waals surface area contributed by atoms with Crippen molar-refractivity contribution in [2.75, 3.05) is 13.1 Å². The summed E-state index contributed by atoms with van der Waals surface area (Å²) in [7, 11) is -3.81. The molecule has 2 bridgehead atoms. The lowest BCUT2D eigenvalue weighted by molar-refractivity contribution is -0.218. The van der Waals surface area contributed by atoms with Crippen LogP contribution in [-0.2, 0) is 54.8 Å². The highest BCUT2D eigenvalue weighted by Gasteiger charge is 2.75. The van der Waals surface area contributed by atoms with Crippen molar-refractivity contribution in [2.45, 2.75) is 101 Å².